The van der Waals surface area contributed by atoms with Crippen molar-refractivity contribution in [2.24, 2.45) is 5.92 Å². The maximum Gasteiger partial charge on any atom is 0.487 e. The number of carbonyl (C=O) groups excluding carboxylic acids is 1. The predicted molar refractivity (Wildman–Crippen MR) is 128 cm³/mol. The number of nitriles is 1. The van der Waals surface area contributed by atoms with Gasteiger partial charge in [0, 0.05) is 71.1 Å². The van der Waals surface area contributed by atoms with Crippen LogP contribution >= 0.6 is 11.6 Å². The Bertz CT molecular complexity index is 1260. The Morgan fingerprint density at radius 2 is 1.97 bits per heavy atom. The average molecular weight is 499 g/mol. The van der Waals surface area contributed by atoms with E-state index in [1.54, 1.807) is 30.5 Å². The SMILES string of the molecule is C[C@H]1CN(c2ccc(C(=O)Nc3ccc(OC(F)(F)Cl)cc3)cc2-c2cnccc2C#N)C[C@@H]1O. The van der Waals surface area contributed by atoms with E-state index in [0.717, 1.165) is 5.69 Å². The molecule has 2 atom stereocenters. The number of ether oxygens (including phenoxy) is 1. The van der Waals surface area contributed by atoms with Gasteiger partial charge in [-0.1, -0.05) is 6.92 Å². The zero-order valence-electron chi connectivity index (χ0n) is 18.6. The first kappa shape index (κ1) is 24.4. The predicted octanol–water partition coefficient (Wildman–Crippen LogP) is 4.86. The molecule has 0 spiro atoms. The Balaban J connectivity index is 1.65. The number of hydrogen-bond donors (Lipinski definition) is 2. The molecule has 3 aromatic rings. The highest BCUT2D eigenvalue weighted by Gasteiger charge is 2.30. The quantitative estimate of drug-likeness (QED) is 0.471. The van der Waals surface area contributed by atoms with Gasteiger partial charge in [0.25, 0.3) is 5.91 Å². The number of β-amino-alcohol motifs (C(OH)–C–C–N with tert-alkyl or cyclic N) is 1. The van der Waals surface area contributed by atoms with Gasteiger partial charge in [-0.25, -0.2) is 0 Å². The molecule has 0 aliphatic carbocycles. The lowest BCUT2D eigenvalue weighted by atomic mass is 9.97. The zero-order chi connectivity index (χ0) is 25.2. The number of halogens is 3. The fourth-order valence-corrected chi connectivity index (χ4v) is 4.05. The van der Waals surface area contributed by atoms with Crippen molar-refractivity contribution < 1.29 is 23.4 Å². The van der Waals surface area contributed by atoms with E-state index in [1.165, 1.54) is 30.5 Å². The molecule has 2 aromatic carbocycles. The number of aliphatic hydroxyl groups excluding tert-OH is 1. The van der Waals surface area contributed by atoms with E-state index in [-0.39, 0.29) is 11.7 Å². The Hall–Kier alpha value is -3.74. The molecule has 1 aliphatic heterocycles. The minimum absolute atomic E-state index is 0.0702. The highest BCUT2D eigenvalue weighted by atomic mass is 35.5. The summed E-state index contributed by atoms with van der Waals surface area (Å²) in [4.78, 5) is 19.2. The van der Waals surface area contributed by atoms with Gasteiger partial charge >= 0.3 is 5.57 Å². The van der Waals surface area contributed by atoms with E-state index >= 15 is 0 Å². The summed E-state index contributed by atoms with van der Waals surface area (Å²) >= 11 is 4.77. The van der Waals surface area contributed by atoms with E-state index in [2.05, 4.69) is 21.1 Å². The van der Waals surface area contributed by atoms with Gasteiger partial charge in [-0.3, -0.25) is 9.78 Å². The summed E-state index contributed by atoms with van der Waals surface area (Å²) in [6.45, 7) is 3.01. The van der Waals surface area contributed by atoms with Crippen LogP contribution in [-0.4, -0.2) is 40.8 Å². The minimum atomic E-state index is -3.83. The molecule has 7 nitrogen and oxygen atoms in total. The molecule has 4 rings (SSSR count). The van der Waals surface area contributed by atoms with Crippen molar-refractivity contribution in [2.75, 3.05) is 23.3 Å². The van der Waals surface area contributed by atoms with Crippen molar-refractivity contribution in [2.45, 2.75) is 18.6 Å². The van der Waals surface area contributed by atoms with Crippen molar-refractivity contribution in [1.29, 1.82) is 5.26 Å². The van der Waals surface area contributed by atoms with Gasteiger partial charge in [0.1, 0.15) is 5.75 Å². The summed E-state index contributed by atoms with van der Waals surface area (Å²) < 4.78 is 29.9. The van der Waals surface area contributed by atoms with E-state index in [9.17, 15) is 23.9 Å². The Kier molecular flexibility index (Phi) is 6.87. The van der Waals surface area contributed by atoms with Crippen molar-refractivity contribution in [1.82, 2.24) is 4.98 Å². The molecule has 0 unspecified atom stereocenters. The molecular weight excluding hydrogens is 478 g/mol. The summed E-state index contributed by atoms with van der Waals surface area (Å²) in [6.07, 6.45) is 2.61. The molecule has 2 heterocycles. The summed E-state index contributed by atoms with van der Waals surface area (Å²) in [7, 11) is 0. The molecule has 0 saturated carbocycles. The first-order chi connectivity index (χ1) is 16.6. The maximum absolute atomic E-state index is 13.0. The molecule has 1 amide bonds. The summed E-state index contributed by atoms with van der Waals surface area (Å²) in [5.74, 6) is -0.524. The number of pyridine rings is 1. The second kappa shape index (κ2) is 9.86. The van der Waals surface area contributed by atoms with Crippen molar-refractivity contribution in [3.05, 3.63) is 72.1 Å². The van der Waals surface area contributed by atoms with Crippen molar-refractivity contribution in [3.8, 4) is 22.9 Å². The third-order valence-corrected chi connectivity index (χ3v) is 5.83. The van der Waals surface area contributed by atoms with Crippen LogP contribution in [-0.2, 0) is 0 Å². The van der Waals surface area contributed by atoms with E-state index in [1.807, 2.05) is 11.8 Å². The van der Waals surface area contributed by atoms with Crippen LogP contribution in [0.3, 0.4) is 0 Å². The number of aromatic nitrogens is 1. The van der Waals surface area contributed by atoms with Gasteiger partial charge in [-0.05, 0) is 48.5 Å². The van der Waals surface area contributed by atoms with Gasteiger partial charge < -0.3 is 20.1 Å². The van der Waals surface area contributed by atoms with Crippen LogP contribution in [0.5, 0.6) is 5.75 Å². The number of amides is 1. The van der Waals surface area contributed by atoms with Crippen LogP contribution < -0.4 is 15.0 Å². The molecule has 180 valence electrons. The second-order valence-corrected chi connectivity index (χ2v) is 8.68. The number of alkyl halides is 3. The number of benzene rings is 2. The first-order valence-electron chi connectivity index (χ1n) is 10.7. The fourth-order valence-electron chi connectivity index (χ4n) is 3.96. The molecule has 0 bridgehead atoms. The Labute approximate surface area is 205 Å². The summed E-state index contributed by atoms with van der Waals surface area (Å²) in [5.41, 5.74) is -0.774. The number of carbonyl (C=O) groups is 1. The van der Waals surface area contributed by atoms with Crippen LogP contribution in [0.2, 0.25) is 0 Å². The molecule has 1 fully saturated rings. The third kappa shape index (κ3) is 5.67. The fraction of sp³-hybridized carbons (Fsp3) is 0.240. The summed E-state index contributed by atoms with van der Waals surface area (Å²) in [6, 6.07) is 14.2. The molecular formula is C25H21ClF2N4O3. The van der Waals surface area contributed by atoms with Crippen molar-refractivity contribution >= 4 is 28.9 Å². The highest BCUT2D eigenvalue weighted by Crippen LogP contribution is 2.36. The number of anilines is 2. The first-order valence-corrected chi connectivity index (χ1v) is 11.1. The molecule has 1 aliphatic rings. The lowest BCUT2D eigenvalue weighted by Gasteiger charge is -2.23. The standard InChI is InChI=1S/C25H21ClF2N4O3/c1-15-13-32(14-23(15)33)22-7-2-16(10-20(22)21-12-30-9-8-17(21)11-29)24(34)31-18-3-5-19(6-4-18)35-25(26,27)28/h2-10,12,15,23,33H,13-14H2,1H3,(H,31,34)/t15-,23-/m0/s1. The molecule has 1 saturated heterocycles. The summed E-state index contributed by atoms with van der Waals surface area (Å²) in [5, 5.41) is 22.6. The lowest BCUT2D eigenvalue weighted by molar-refractivity contribution is -0.0964. The number of hydrogen-bond acceptors (Lipinski definition) is 6. The Morgan fingerprint density at radius 3 is 2.60 bits per heavy atom. The van der Waals surface area contributed by atoms with Gasteiger partial charge in [0.15, 0.2) is 0 Å². The van der Waals surface area contributed by atoms with Crippen LogP contribution in [0.1, 0.15) is 22.8 Å². The van der Waals surface area contributed by atoms with Crippen LogP contribution in [0.25, 0.3) is 11.1 Å². The van der Waals surface area contributed by atoms with E-state index < -0.39 is 17.6 Å². The van der Waals surface area contributed by atoms with Gasteiger partial charge in [-0.15, -0.1) is 8.78 Å². The van der Waals surface area contributed by atoms with Gasteiger partial charge in [0.05, 0.1) is 17.7 Å². The topological polar surface area (TPSA) is 98.5 Å². The van der Waals surface area contributed by atoms with Crippen LogP contribution in [0.15, 0.2) is 60.9 Å². The third-order valence-electron chi connectivity index (χ3n) is 5.75. The number of aliphatic hydroxyl groups is 1. The van der Waals surface area contributed by atoms with E-state index in [4.69, 9.17) is 11.6 Å². The normalized spacial score (nSPS) is 17.7. The Morgan fingerprint density at radius 1 is 1.23 bits per heavy atom. The monoisotopic (exact) mass is 498 g/mol. The highest BCUT2D eigenvalue weighted by molar-refractivity contribution is 6.20. The molecule has 2 N–H and O–H groups in total. The number of rotatable bonds is 6. The smallest absolute Gasteiger partial charge is 0.420 e. The van der Waals surface area contributed by atoms with Gasteiger partial charge in [-0.2, -0.15) is 5.26 Å². The number of nitrogens with zero attached hydrogens (tertiary/aromatic N) is 3. The molecule has 1 aromatic heterocycles. The van der Waals surface area contributed by atoms with Gasteiger partial charge in [0.2, 0.25) is 0 Å². The van der Waals surface area contributed by atoms with Crippen LogP contribution in [0.4, 0.5) is 20.2 Å². The largest absolute Gasteiger partial charge is 0.487 e. The zero-order valence-corrected chi connectivity index (χ0v) is 19.3. The molecule has 10 heteroatoms. The van der Waals surface area contributed by atoms with E-state index in [0.29, 0.717) is 41.0 Å². The van der Waals surface area contributed by atoms with Crippen LogP contribution in [0, 0.1) is 17.2 Å². The average Bonchev–Trinajstić information content (AvgIpc) is 3.16. The minimum Gasteiger partial charge on any atom is -0.420 e. The maximum atomic E-state index is 13.0. The second-order valence-electron chi connectivity index (χ2n) is 8.24. The lowest BCUT2D eigenvalue weighted by Crippen LogP contribution is -2.22. The molecule has 0 radical (unpaired) electrons. The molecule has 35 heavy (non-hydrogen) atoms. The number of nitrogens with one attached hydrogen (secondary N) is 1. The van der Waals surface area contributed by atoms with Crippen molar-refractivity contribution in [3.63, 3.8) is 0 Å².